The van der Waals surface area contributed by atoms with Gasteiger partial charge in [0.05, 0.1) is 41.0 Å². The van der Waals surface area contributed by atoms with Crippen molar-refractivity contribution in [2.24, 2.45) is 5.92 Å². The van der Waals surface area contributed by atoms with Crippen LogP contribution < -0.4 is 4.90 Å². The van der Waals surface area contributed by atoms with Crippen molar-refractivity contribution in [1.29, 1.82) is 0 Å². The zero-order valence-electron chi connectivity index (χ0n) is 23.6. The quantitative estimate of drug-likeness (QED) is 0.318. The minimum Gasteiger partial charge on any atom is -0.453 e. The molecule has 4 rings (SSSR count). The van der Waals surface area contributed by atoms with Gasteiger partial charge in [0.1, 0.15) is 0 Å². The fraction of sp³-hybridized carbons (Fsp3) is 0.500. The van der Waals surface area contributed by atoms with Crippen molar-refractivity contribution >= 4 is 27.7 Å². The van der Waals surface area contributed by atoms with Gasteiger partial charge in [-0.1, -0.05) is 0 Å². The second-order valence-electron chi connectivity index (χ2n) is 11.0. The minimum atomic E-state index is -5.11. The van der Waals surface area contributed by atoms with Crippen LogP contribution in [0.5, 0.6) is 0 Å². The highest BCUT2D eigenvalue weighted by Gasteiger charge is 2.47. The van der Waals surface area contributed by atoms with Crippen LogP contribution in [0.2, 0.25) is 0 Å². The molecule has 15 heteroatoms. The average molecular weight is 637 g/mol. The molecular weight excluding hydrogens is 606 g/mol. The number of benzene rings is 2. The lowest BCUT2D eigenvalue weighted by Gasteiger charge is -2.44. The monoisotopic (exact) mass is 636 g/mol. The second-order valence-corrected chi connectivity index (χ2v) is 13.0. The first-order valence-corrected chi connectivity index (χ1v) is 15.2. The highest BCUT2D eigenvalue weighted by atomic mass is 32.2. The Morgan fingerprint density at radius 1 is 1.00 bits per heavy atom. The van der Waals surface area contributed by atoms with Crippen molar-refractivity contribution in [3.8, 4) is 0 Å². The summed E-state index contributed by atoms with van der Waals surface area (Å²) in [6, 6.07) is 3.30. The minimum absolute atomic E-state index is 0.00172. The van der Waals surface area contributed by atoms with Crippen LogP contribution in [0.4, 0.5) is 41.6 Å². The zero-order chi connectivity index (χ0) is 32.1. The summed E-state index contributed by atoms with van der Waals surface area (Å²) < 4.78 is 117. The van der Waals surface area contributed by atoms with Gasteiger partial charge in [0, 0.05) is 24.4 Å². The number of fused-ring (bicyclic) bond motifs is 1. The van der Waals surface area contributed by atoms with Crippen LogP contribution >= 0.6 is 0 Å². The largest absolute Gasteiger partial charge is 0.453 e. The summed E-state index contributed by atoms with van der Waals surface area (Å²) in [7, 11) is -2.80. The van der Waals surface area contributed by atoms with Crippen molar-refractivity contribution in [3.05, 3.63) is 58.7 Å². The number of nitrogens with zero attached hydrogens (tertiary/aromatic N) is 2. The molecule has 2 amide bonds. The van der Waals surface area contributed by atoms with Crippen LogP contribution in [0.3, 0.4) is 0 Å². The predicted octanol–water partition coefficient (Wildman–Crippen LogP) is 6.97. The Bertz CT molecular complexity index is 1470. The van der Waals surface area contributed by atoms with Gasteiger partial charge in [-0.2, -0.15) is 26.3 Å². The molecule has 2 atom stereocenters. The number of hydrogen-bond donors (Lipinski definition) is 0. The summed E-state index contributed by atoms with van der Waals surface area (Å²) in [5.74, 6) is -0.0326. The summed E-state index contributed by atoms with van der Waals surface area (Å²) >= 11 is 0. The highest BCUT2D eigenvalue weighted by molar-refractivity contribution is 7.90. The van der Waals surface area contributed by atoms with E-state index in [1.165, 1.54) is 23.1 Å². The summed E-state index contributed by atoms with van der Waals surface area (Å²) in [4.78, 5) is 28.6. The Balaban J connectivity index is 1.90. The molecule has 0 N–H and O–H groups in total. The molecule has 8 nitrogen and oxygen atoms in total. The molecule has 0 bridgehead atoms. The number of sulfone groups is 1. The van der Waals surface area contributed by atoms with Crippen molar-refractivity contribution < 1.29 is 53.8 Å². The third-order valence-electron chi connectivity index (χ3n) is 7.33. The van der Waals surface area contributed by atoms with Gasteiger partial charge in [-0.3, -0.25) is 9.80 Å². The fourth-order valence-corrected chi connectivity index (χ4v) is 5.94. The van der Waals surface area contributed by atoms with Gasteiger partial charge < -0.3 is 9.47 Å². The maximum Gasteiger partial charge on any atom is 0.416 e. The molecule has 2 aromatic rings. The maximum atomic E-state index is 13.6. The van der Waals surface area contributed by atoms with E-state index in [0.29, 0.717) is 12.1 Å². The predicted molar refractivity (Wildman–Crippen MR) is 142 cm³/mol. The Morgan fingerprint density at radius 2 is 1.58 bits per heavy atom. The third-order valence-corrected chi connectivity index (χ3v) is 8.44. The molecule has 0 aromatic heterocycles. The van der Waals surface area contributed by atoms with Gasteiger partial charge in [-0.15, -0.1) is 0 Å². The van der Waals surface area contributed by atoms with Crippen LogP contribution in [0, 0.1) is 5.92 Å². The first-order chi connectivity index (χ1) is 19.8. The van der Waals surface area contributed by atoms with Crippen LogP contribution in [0.25, 0.3) is 0 Å². The van der Waals surface area contributed by atoms with E-state index in [0.717, 1.165) is 31.1 Å². The fourth-order valence-electron chi connectivity index (χ4n) is 5.29. The Labute approximate surface area is 244 Å². The van der Waals surface area contributed by atoms with E-state index in [-0.39, 0.29) is 34.6 Å². The third kappa shape index (κ3) is 7.19. The van der Waals surface area contributed by atoms with E-state index in [4.69, 9.17) is 9.47 Å². The number of anilines is 1. The Hall–Kier alpha value is -3.49. The average Bonchev–Trinajstić information content (AvgIpc) is 3.73. The van der Waals surface area contributed by atoms with Crippen molar-refractivity contribution in [2.45, 2.75) is 75.1 Å². The van der Waals surface area contributed by atoms with Gasteiger partial charge >= 0.3 is 24.5 Å². The normalized spacial score (nSPS) is 19.2. The molecule has 1 fully saturated rings. The van der Waals surface area contributed by atoms with Crippen molar-refractivity contribution in [1.82, 2.24) is 4.90 Å². The summed E-state index contributed by atoms with van der Waals surface area (Å²) in [5, 5.41) is 0. The summed E-state index contributed by atoms with van der Waals surface area (Å²) in [5.41, 5.74) is -3.22. The molecular formula is C28H30F6N2O6S. The number of halogens is 6. The van der Waals surface area contributed by atoms with Gasteiger partial charge in [0.25, 0.3) is 0 Å². The van der Waals surface area contributed by atoms with Gasteiger partial charge in [0.2, 0.25) is 0 Å². The lowest BCUT2D eigenvalue weighted by atomic mass is 9.87. The lowest BCUT2D eigenvalue weighted by Crippen LogP contribution is -2.50. The molecule has 236 valence electrons. The number of alkyl halides is 6. The van der Waals surface area contributed by atoms with Gasteiger partial charge in [0.15, 0.2) is 9.84 Å². The smallest absolute Gasteiger partial charge is 0.416 e. The van der Waals surface area contributed by atoms with Gasteiger partial charge in [-0.25, -0.2) is 18.0 Å². The van der Waals surface area contributed by atoms with Crippen LogP contribution in [-0.2, 0) is 38.2 Å². The molecule has 0 spiro atoms. The van der Waals surface area contributed by atoms with E-state index < -0.39 is 75.8 Å². The molecule has 1 saturated carbocycles. The molecule has 43 heavy (non-hydrogen) atoms. The van der Waals surface area contributed by atoms with E-state index in [9.17, 15) is 44.3 Å². The van der Waals surface area contributed by atoms with Crippen LogP contribution in [0.15, 0.2) is 41.3 Å². The molecule has 1 aliphatic heterocycles. The Kier molecular flexibility index (Phi) is 8.70. The van der Waals surface area contributed by atoms with E-state index in [2.05, 4.69) is 0 Å². The number of ether oxygens (including phenoxy) is 2. The highest BCUT2D eigenvalue weighted by Crippen LogP contribution is 2.49. The van der Waals surface area contributed by atoms with Gasteiger partial charge in [-0.05, 0) is 81.0 Å². The van der Waals surface area contributed by atoms with Crippen molar-refractivity contribution in [2.75, 3.05) is 18.3 Å². The topological polar surface area (TPSA) is 93.2 Å². The van der Waals surface area contributed by atoms with E-state index in [1.54, 1.807) is 13.8 Å². The second kappa shape index (κ2) is 11.5. The van der Waals surface area contributed by atoms with Crippen LogP contribution in [-0.4, -0.2) is 51.0 Å². The SMILES string of the molecule is COC(=O)N(Cc1cc(C(F)(F)F)cc(C(F)(F)F)c1)[C@@H]1C[C@H](C2CC2)N(C(=O)OC(C)C)c2ccc(S(C)(=O)=O)cc21. The zero-order valence-corrected chi connectivity index (χ0v) is 24.4. The van der Waals surface area contributed by atoms with E-state index in [1.807, 2.05) is 0 Å². The number of carbonyl (C=O) groups excluding carboxylic acids is 2. The number of methoxy groups -OCH3 is 1. The molecule has 0 unspecified atom stereocenters. The lowest BCUT2D eigenvalue weighted by molar-refractivity contribution is -0.143. The molecule has 2 aromatic carbocycles. The Morgan fingerprint density at radius 3 is 2.05 bits per heavy atom. The van der Waals surface area contributed by atoms with Crippen molar-refractivity contribution in [3.63, 3.8) is 0 Å². The molecule has 2 aliphatic rings. The summed E-state index contributed by atoms with van der Waals surface area (Å²) in [6.45, 7) is 2.56. The summed E-state index contributed by atoms with van der Waals surface area (Å²) in [6.07, 6.45) is -10.1. The molecule has 1 heterocycles. The first kappa shape index (κ1) is 32.4. The number of rotatable bonds is 6. The molecule has 0 saturated heterocycles. The number of carbonyl (C=O) groups is 2. The molecule has 0 radical (unpaired) electrons. The number of hydrogen-bond acceptors (Lipinski definition) is 6. The molecule has 1 aliphatic carbocycles. The van der Waals surface area contributed by atoms with E-state index >= 15 is 0 Å². The first-order valence-electron chi connectivity index (χ1n) is 13.3. The van der Waals surface area contributed by atoms with Crippen LogP contribution in [0.1, 0.15) is 61.4 Å². The standard InChI is InChI=1S/C28H30F6N2O6S/c1-15(2)42-26(38)36-22-8-7-20(43(4,39)40)12-21(22)24(13-23(36)17-5-6-17)35(25(37)41-3)14-16-9-18(27(29,30)31)11-19(10-16)28(32,33)34/h7-12,15,17,23-24H,5-6,13-14H2,1-4H3/t23-,24-/m1/s1. The maximum absolute atomic E-state index is 13.6. The number of amides is 2.